The molecule has 2 aromatic heterocycles. The molecule has 2 aliphatic heterocycles. The van der Waals surface area contributed by atoms with Crippen LogP contribution in [0.15, 0.2) is 41.2 Å². The van der Waals surface area contributed by atoms with E-state index in [1.54, 1.807) is 31.3 Å². The standard InChI is InChI=1S/C23H22FN5O5/c1-28-20(31)7-3-13-2-4-16(24)15(21(13)28)8-9-25-10-14-11-29(23(32)34-14)18-6-5-17-22(26-18)27-19(30)12-33-17/h2-7,14,25H,8-12H2,1H3,(H,26,27,30). The first kappa shape index (κ1) is 21.8. The summed E-state index contributed by atoms with van der Waals surface area (Å²) in [6.45, 7) is 0.974. The van der Waals surface area contributed by atoms with Crippen molar-refractivity contribution in [1.29, 1.82) is 0 Å². The summed E-state index contributed by atoms with van der Waals surface area (Å²) in [7, 11) is 1.62. The number of benzene rings is 1. The topological polar surface area (TPSA) is 115 Å². The van der Waals surface area contributed by atoms with Crippen LogP contribution in [-0.4, -0.2) is 53.9 Å². The maximum absolute atomic E-state index is 14.5. The second kappa shape index (κ2) is 8.75. The molecule has 2 N–H and O–H groups in total. The van der Waals surface area contributed by atoms with E-state index in [0.717, 1.165) is 5.39 Å². The monoisotopic (exact) mass is 467 g/mol. The number of nitrogens with zero attached hydrogens (tertiary/aromatic N) is 3. The quantitative estimate of drug-likeness (QED) is 0.529. The number of aryl methyl sites for hydroxylation is 1. The third-order valence-electron chi connectivity index (χ3n) is 5.86. The highest BCUT2D eigenvalue weighted by atomic mass is 19.1. The minimum atomic E-state index is -0.544. The Bertz CT molecular complexity index is 1360. The molecule has 0 bridgehead atoms. The molecule has 176 valence electrons. The summed E-state index contributed by atoms with van der Waals surface area (Å²) < 4.78 is 26.7. The third kappa shape index (κ3) is 4.05. The predicted octanol–water partition coefficient (Wildman–Crippen LogP) is 1.56. The Morgan fingerprint density at radius 2 is 2.00 bits per heavy atom. The van der Waals surface area contributed by atoms with Crippen LogP contribution >= 0.6 is 0 Å². The molecule has 1 aromatic carbocycles. The van der Waals surface area contributed by atoms with E-state index in [1.165, 1.54) is 21.6 Å². The molecule has 10 nitrogen and oxygen atoms in total. The molecule has 1 saturated heterocycles. The van der Waals surface area contributed by atoms with Crippen LogP contribution in [0.3, 0.4) is 0 Å². The molecule has 0 radical (unpaired) electrons. The Hall–Kier alpha value is -3.99. The first-order chi connectivity index (χ1) is 16.4. The summed E-state index contributed by atoms with van der Waals surface area (Å²) in [6.07, 6.45) is -0.619. The Morgan fingerprint density at radius 1 is 1.18 bits per heavy atom. The molecule has 2 amide bonds. The molecular formula is C23H22FN5O5. The van der Waals surface area contributed by atoms with Crippen molar-refractivity contribution in [3.05, 3.63) is 58.1 Å². The van der Waals surface area contributed by atoms with E-state index in [0.29, 0.717) is 42.2 Å². The number of anilines is 2. The Kier molecular flexibility index (Phi) is 5.62. The number of carbonyl (C=O) groups excluding carboxylic acids is 2. The van der Waals surface area contributed by atoms with Crippen molar-refractivity contribution < 1.29 is 23.5 Å². The number of fused-ring (bicyclic) bond motifs is 2. The van der Waals surface area contributed by atoms with Gasteiger partial charge in [0.15, 0.2) is 18.2 Å². The molecule has 1 unspecified atom stereocenters. The normalized spacial score (nSPS) is 17.4. The average Bonchev–Trinajstić information content (AvgIpc) is 3.20. The van der Waals surface area contributed by atoms with Crippen LogP contribution in [0.2, 0.25) is 0 Å². The molecular weight excluding hydrogens is 445 g/mol. The van der Waals surface area contributed by atoms with E-state index in [9.17, 15) is 18.8 Å². The van der Waals surface area contributed by atoms with Gasteiger partial charge in [0.2, 0.25) is 0 Å². The summed E-state index contributed by atoms with van der Waals surface area (Å²) in [5, 5.41) is 6.60. The Morgan fingerprint density at radius 3 is 2.85 bits per heavy atom. The maximum atomic E-state index is 14.5. The van der Waals surface area contributed by atoms with Crippen LogP contribution in [0.1, 0.15) is 5.56 Å². The van der Waals surface area contributed by atoms with Gasteiger partial charge >= 0.3 is 6.09 Å². The average molecular weight is 467 g/mol. The lowest BCUT2D eigenvalue weighted by atomic mass is 10.1. The molecule has 0 aliphatic carbocycles. The van der Waals surface area contributed by atoms with Crippen molar-refractivity contribution in [2.75, 3.05) is 36.5 Å². The second-order valence-corrected chi connectivity index (χ2v) is 8.12. The number of hydrogen-bond donors (Lipinski definition) is 2. The maximum Gasteiger partial charge on any atom is 0.416 e. The van der Waals surface area contributed by atoms with Gasteiger partial charge in [-0.2, -0.15) is 0 Å². The zero-order chi connectivity index (χ0) is 23.8. The van der Waals surface area contributed by atoms with Gasteiger partial charge in [0.1, 0.15) is 17.7 Å². The van der Waals surface area contributed by atoms with Gasteiger partial charge in [0, 0.05) is 25.2 Å². The molecule has 34 heavy (non-hydrogen) atoms. The van der Waals surface area contributed by atoms with E-state index in [1.807, 2.05) is 0 Å². The second-order valence-electron chi connectivity index (χ2n) is 8.12. The molecule has 3 aromatic rings. The molecule has 1 fully saturated rings. The van der Waals surface area contributed by atoms with Gasteiger partial charge in [0.25, 0.3) is 11.5 Å². The van der Waals surface area contributed by atoms with E-state index in [-0.39, 0.29) is 36.3 Å². The summed E-state index contributed by atoms with van der Waals surface area (Å²) in [5.41, 5.74) is 0.826. The largest absolute Gasteiger partial charge is 0.480 e. The van der Waals surface area contributed by atoms with Crippen molar-refractivity contribution in [2.45, 2.75) is 12.5 Å². The molecule has 2 aliphatic rings. The highest BCUT2D eigenvalue weighted by molar-refractivity contribution is 5.95. The number of nitrogens with one attached hydrogen (secondary N) is 2. The molecule has 11 heteroatoms. The summed E-state index contributed by atoms with van der Waals surface area (Å²) >= 11 is 0. The van der Waals surface area contributed by atoms with Crippen molar-refractivity contribution in [1.82, 2.24) is 14.9 Å². The van der Waals surface area contributed by atoms with Gasteiger partial charge in [0.05, 0.1) is 12.1 Å². The molecule has 4 heterocycles. The number of halogens is 1. The van der Waals surface area contributed by atoms with Gasteiger partial charge in [-0.25, -0.2) is 14.2 Å². The predicted molar refractivity (Wildman–Crippen MR) is 122 cm³/mol. The van der Waals surface area contributed by atoms with E-state index in [4.69, 9.17) is 9.47 Å². The summed E-state index contributed by atoms with van der Waals surface area (Å²) in [5.74, 6) is 0.354. The third-order valence-corrected chi connectivity index (χ3v) is 5.86. The highest BCUT2D eigenvalue weighted by Gasteiger charge is 2.33. The van der Waals surface area contributed by atoms with Crippen LogP contribution in [0.4, 0.5) is 20.8 Å². The van der Waals surface area contributed by atoms with Crippen molar-refractivity contribution in [2.24, 2.45) is 7.05 Å². The molecule has 1 atom stereocenters. The van der Waals surface area contributed by atoms with Gasteiger partial charge in [-0.1, -0.05) is 0 Å². The first-order valence-corrected chi connectivity index (χ1v) is 10.8. The fourth-order valence-electron chi connectivity index (χ4n) is 4.18. The zero-order valence-electron chi connectivity index (χ0n) is 18.3. The van der Waals surface area contributed by atoms with Gasteiger partial charge in [-0.05, 0) is 48.7 Å². The van der Waals surface area contributed by atoms with Crippen LogP contribution in [0, 0.1) is 5.82 Å². The molecule has 0 saturated carbocycles. The number of aromatic nitrogens is 2. The number of ether oxygens (including phenoxy) is 2. The van der Waals surface area contributed by atoms with E-state index >= 15 is 0 Å². The van der Waals surface area contributed by atoms with Gasteiger partial charge in [-0.15, -0.1) is 0 Å². The summed E-state index contributed by atoms with van der Waals surface area (Å²) in [4.78, 5) is 41.6. The van der Waals surface area contributed by atoms with Crippen LogP contribution in [0.25, 0.3) is 10.9 Å². The van der Waals surface area contributed by atoms with Crippen LogP contribution in [0.5, 0.6) is 5.75 Å². The SMILES string of the molecule is Cn1c(=O)ccc2ccc(F)c(CCNCC3CN(c4ccc5c(n4)NC(=O)CO5)C(=O)O3)c21. The Labute approximate surface area is 193 Å². The van der Waals surface area contributed by atoms with Crippen LogP contribution in [-0.2, 0) is 23.0 Å². The van der Waals surface area contributed by atoms with E-state index < -0.39 is 12.2 Å². The minimum absolute atomic E-state index is 0.0769. The van der Waals surface area contributed by atoms with Gasteiger partial charge < -0.3 is 24.7 Å². The van der Waals surface area contributed by atoms with Gasteiger partial charge in [-0.3, -0.25) is 14.5 Å². The minimum Gasteiger partial charge on any atom is -0.480 e. The fourth-order valence-corrected chi connectivity index (χ4v) is 4.18. The number of amides is 2. The lowest BCUT2D eigenvalue weighted by Gasteiger charge is -2.19. The van der Waals surface area contributed by atoms with Crippen molar-refractivity contribution in [3.63, 3.8) is 0 Å². The van der Waals surface area contributed by atoms with E-state index in [2.05, 4.69) is 15.6 Å². The summed E-state index contributed by atoms with van der Waals surface area (Å²) in [6, 6.07) is 9.47. The number of hydrogen-bond acceptors (Lipinski definition) is 7. The molecule has 0 spiro atoms. The Balaban J connectivity index is 1.21. The highest BCUT2D eigenvalue weighted by Crippen LogP contribution is 2.30. The fraction of sp³-hybridized carbons (Fsp3) is 0.304. The van der Waals surface area contributed by atoms with Crippen LogP contribution < -0.4 is 25.8 Å². The first-order valence-electron chi connectivity index (χ1n) is 10.8. The molecule has 5 rings (SSSR count). The lowest BCUT2D eigenvalue weighted by molar-refractivity contribution is -0.118. The number of rotatable bonds is 6. The number of cyclic esters (lactones) is 1. The van der Waals surface area contributed by atoms with Crippen molar-refractivity contribution in [3.8, 4) is 5.75 Å². The number of pyridine rings is 2. The smallest absolute Gasteiger partial charge is 0.416 e. The lowest BCUT2D eigenvalue weighted by Crippen LogP contribution is -2.32. The van der Waals surface area contributed by atoms with Crippen molar-refractivity contribution >= 4 is 34.5 Å². The number of carbonyl (C=O) groups is 2. The zero-order valence-corrected chi connectivity index (χ0v) is 18.3.